The lowest BCUT2D eigenvalue weighted by atomic mass is 10.1. The lowest BCUT2D eigenvalue weighted by Gasteiger charge is -2.11. The fraction of sp³-hybridized carbons (Fsp3) is 0.364. The number of hydrogen-bond acceptors (Lipinski definition) is 7. The van der Waals surface area contributed by atoms with E-state index < -0.39 is 0 Å². The Labute approximate surface area is 179 Å². The molecular weight excluding hydrogens is 404 g/mol. The molecule has 0 spiro atoms. The van der Waals surface area contributed by atoms with Gasteiger partial charge in [-0.25, -0.2) is 10.5 Å². The number of carbonyl (C=O) groups is 1. The first-order chi connectivity index (χ1) is 14.6. The second-order valence-corrected chi connectivity index (χ2v) is 7.80. The van der Waals surface area contributed by atoms with E-state index in [1.807, 2.05) is 36.4 Å². The van der Waals surface area contributed by atoms with Gasteiger partial charge in [-0.1, -0.05) is 12.8 Å². The van der Waals surface area contributed by atoms with Crippen molar-refractivity contribution in [2.75, 3.05) is 20.8 Å². The first-order valence-electron chi connectivity index (χ1n) is 9.83. The Hall–Kier alpha value is -2.84. The number of carbonyl (C=O) groups excluding carboxylic acids is 1. The summed E-state index contributed by atoms with van der Waals surface area (Å²) in [6.07, 6.45) is 3.80. The zero-order valence-electron chi connectivity index (χ0n) is 17.1. The average Bonchev–Trinajstić information content (AvgIpc) is 3.21. The highest BCUT2D eigenvalue weighted by Gasteiger charge is 2.12. The molecule has 3 rings (SSSR count). The third-order valence-corrected chi connectivity index (χ3v) is 5.75. The molecule has 30 heavy (non-hydrogen) atoms. The number of nitrogens with one attached hydrogen (secondary N) is 1. The van der Waals surface area contributed by atoms with E-state index in [0.717, 1.165) is 52.2 Å². The number of thiazole rings is 1. The van der Waals surface area contributed by atoms with Crippen LogP contribution >= 0.6 is 11.3 Å². The molecule has 160 valence electrons. The van der Waals surface area contributed by atoms with Crippen molar-refractivity contribution in [3.63, 3.8) is 0 Å². The van der Waals surface area contributed by atoms with Gasteiger partial charge in [0.05, 0.1) is 31.0 Å². The zero-order valence-corrected chi connectivity index (χ0v) is 18.0. The van der Waals surface area contributed by atoms with Crippen LogP contribution in [0.15, 0.2) is 36.4 Å². The molecule has 1 aromatic heterocycles. The molecule has 0 radical (unpaired) electrons. The minimum Gasteiger partial charge on any atom is -0.497 e. The number of hydroxylamine groups is 1. The van der Waals surface area contributed by atoms with E-state index in [9.17, 15) is 4.79 Å². The molecule has 0 aliphatic carbocycles. The Morgan fingerprint density at radius 1 is 1.03 bits per heavy atom. The summed E-state index contributed by atoms with van der Waals surface area (Å²) >= 11 is 1.61. The van der Waals surface area contributed by atoms with Crippen molar-refractivity contribution in [3.05, 3.63) is 36.4 Å². The predicted molar refractivity (Wildman–Crippen MR) is 117 cm³/mol. The van der Waals surface area contributed by atoms with Crippen LogP contribution in [0.3, 0.4) is 0 Å². The number of benzene rings is 2. The van der Waals surface area contributed by atoms with Crippen LogP contribution in [0, 0.1) is 0 Å². The van der Waals surface area contributed by atoms with E-state index in [4.69, 9.17) is 24.4 Å². The van der Waals surface area contributed by atoms with Gasteiger partial charge >= 0.3 is 0 Å². The fourth-order valence-electron chi connectivity index (χ4n) is 3.06. The van der Waals surface area contributed by atoms with Crippen molar-refractivity contribution in [1.82, 2.24) is 10.5 Å². The van der Waals surface area contributed by atoms with Crippen molar-refractivity contribution in [2.24, 2.45) is 0 Å². The maximum absolute atomic E-state index is 11.0. The molecule has 2 N–H and O–H groups in total. The molecule has 1 heterocycles. The van der Waals surface area contributed by atoms with Crippen LogP contribution in [-0.2, 0) is 4.79 Å². The molecule has 3 aromatic rings. The largest absolute Gasteiger partial charge is 0.497 e. The van der Waals surface area contributed by atoms with Crippen molar-refractivity contribution >= 4 is 27.5 Å². The summed E-state index contributed by atoms with van der Waals surface area (Å²) in [5, 5.41) is 9.39. The molecule has 0 saturated carbocycles. The fourth-order valence-corrected chi connectivity index (χ4v) is 4.05. The van der Waals surface area contributed by atoms with E-state index in [1.54, 1.807) is 31.0 Å². The van der Waals surface area contributed by atoms with Gasteiger partial charge in [0.15, 0.2) is 11.5 Å². The van der Waals surface area contributed by atoms with Gasteiger partial charge < -0.3 is 14.2 Å². The highest BCUT2D eigenvalue weighted by Crippen LogP contribution is 2.37. The summed E-state index contributed by atoms with van der Waals surface area (Å²) in [6, 6.07) is 11.7. The summed E-state index contributed by atoms with van der Waals surface area (Å²) in [7, 11) is 3.28. The van der Waals surface area contributed by atoms with Gasteiger partial charge in [0, 0.05) is 12.0 Å². The number of rotatable bonds is 11. The minimum absolute atomic E-state index is 0.335. The number of unbranched alkanes of at least 4 members (excludes halogenated alkanes) is 3. The molecule has 0 aliphatic rings. The van der Waals surface area contributed by atoms with Crippen LogP contribution in [0.5, 0.6) is 17.2 Å². The highest BCUT2D eigenvalue weighted by molar-refractivity contribution is 7.21. The molecule has 1 amide bonds. The number of aromatic nitrogens is 1. The van der Waals surface area contributed by atoms with Crippen molar-refractivity contribution in [1.29, 1.82) is 0 Å². The molecule has 7 nitrogen and oxygen atoms in total. The molecule has 0 atom stereocenters. The van der Waals surface area contributed by atoms with Gasteiger partial charge in [-0.3, -0.25) is 10.0 Å². The lowest BCUT2D eigenvalue weighted by molar-refractivity contribution is -0.129. The summed E-state index contributed by atoms with van der Waals surface area (Å²) in [5.41, 5.74) is 3.55. The van der Waals surface area contributed by atoms with Crippen LogP contribution in [0.25, 0.3) is 20.8 Å². The molecule has 0 saturated heterocycles. The number of nitrogens with zero attached hydrogens (tertiary/aromatic N) is 1. The molecule has 0 unspecified atom stereocenters. The van der Waals surface area contributed by atoms with Crippen LogP contribution < -0.4 is 19.7 Å². The summed E-state index contributed by atoms with van der Waals surface area (Å²) in [5.74, 6) is 1.84. The van der Waals surface area contributed by atoms with Gasteiger partial charge in [-0.15, -0.1) is 11.3 Å². The number of amides is 1. The van der Waals surface area contributed by atoms with E-state index >= 15 is 0 Å². The predicted octanol–water partition coefficient (Wildman–Crippen LogP) is 4.82. The summed E-state index contributed by atoms with van der Waals surface area (Å²) < 4.78 is 17.8. The monoisotopic (exact) mass is 430 g/mol. The normalized spacial score (nSPS) is 10.8. The van der Waals surface area contributed by atoms with E-state index in [2.05, 4.69) is 0 Å². The van der Waals surface area contributed by atoms with Gasteiger partial charge in [0.25, 0.3) is 0 Å². The van der Waals surface area contributed by atoms with Crippen LogP contribution in [-0.4, -0.2) is 36.9 Å². The molecule has 0 fully saturated rings. The standard InChI is InChI=1S/C22H26N2O5S/c1-27-16-9-10-17-20(14-16)30-22(23-17)15-8-11-18(28-2)19(13-15)29-12-6-4-3-5-7-21(25)24-26/h8-11,13-14,26H,3-7,12H2,1-2H3,(H,24,25). The molecular formula is C22H26N2O5S. The topological polar surface area (TPSA) is 89.9 Å². The molecule has 8 heteroatoms. The Bertz CT molecular complexity index is 989. The van der Waals surface area contributed by atoms with E-state index in [-0.39, 0.29) is 5.91 Å². The third-order valence-electron chi connectivity index (χ3n) is 4.69. The first kappa shape index (κ1) is 21.9. The third kappa shape index (κ3) is 5.61. The SMILES string of the molecule is COc1ccc2nc(-c3ccc(OC)c(OCCCCCCC(=O)NO)c3)sc2c1. The van der Waals surface area contributed by atoms with Crippen LogP contribution in [0.2, 0.25) is 0 Å². The molecule has 0 bridgehead atoms. The van der Waals surface area contributed by atoms with Gasteiger partial charge in [0.1, 0.15) is 10.8 Å². The Balaban J connectivity index is 1.62. The number of fused-ring (bicyclic) bond motifs is 1. The van der Waals surface area contributed by atoms with Gasteiger partial charge in [-0.2, -0.15) is 0 Å². The molecule has 0 aliphatic heterocycles. The zero-order chi connectivity index (χ0) is 21.3. The highest BCUT2D eigenvalue weighted by atomic mass is 32.1. The quantitative estimate of drug-likeness (QED) is 0.258. The van der Waals surface area contributed by atoms with Crippen molar-refractivity contribution < 1.29 is 24.2 Å². The Morgan fingerprint density at radius 2 is 1.87 bits per heavy atom. The Kier molecular flexibility index (Phi) is 7.87. The second kappa shape index (κ2) is 10.8. The smallest absolute Gasteiger partial charge is 0.243 e. The van der Waals surface area contributed by atoms with E-state index in [1.165, 1.54) is 0 Å². The average molecular weight is 431 g/mol. The number of ether oxygens (including phenoxy) is 3. The maximum Gasteiger partial charge on any atom is 0.243 e. The van der Waals surface area contributed by atoms with E-state index in [0.29, 0.717) is 24.5 Å². The van der Waals surface area contributed by atoms with Gasteiger partial charge in [0.2, 0.25) is 5.91 Å². The number of methoxy groups -OCH3 is 2. The van der Waals surface area contributed by atoms with Crippen LogP contribution in [0.4, 0.5) is 0 Å². The van der Waals surface area contributed by atoms with Crippen molar-refractivity contribution in [3.8, 4) is 27.8 Å². The minimum atomic E-state index is -0.346. The molecule has 2 aromatic carbocycles. The summed E-state index contributed by atoms with van der Waals surface area (Å²) in [6.45, 7) is 0.559. The van der Waals surface area contributed by atoms with Gasteiger partial charge in [-0.05, 0) is 49.2 Å². The number of hydrogen-bond donors (Lipinski definition) is 2. The van der Waals surface area contributed by atoms with Crippen LogP contribution in [0.1, 0.15) is 32.1 Å². The Morgan fingerprint density at radius 3 is 2.63 bits per heavy atom. The maximum atomic E-state index is 11.0. The second-order valence-electron chi connectivity index (χ2n) is 6.77. The summed E-state index contributed by atoms with van der Waals surface area (Å²) in [4.78, 5) is 15.7. The van der Waals surface area contributed by atoms with Crippen molar-refractivity contribution in [2.45, 2.75) is 32.1 Å². The lowest BCUT2D eigenvalue weighted by Crippen LogP contribution is -2.17. The first-order valence-corrected chi connectivity index (χ1v) is 10.6.